The number of amides is 1. The van der Waals surface area contributed by atoms with Crippen LogP contribution in [0.25, 0.3) is 22.2 Å². The highest BCUT2D eigenvalue weighted by molar-refractivity contribution is 6.35. The minimum absolute atomic E-state index is 0.0721. The van der Waals surface area contributed by atoms with Gasteiger partial charge in [-0.2, -0.15) is 0 Å². The molecular weight excluding hydrogens is 350 g/mol. The van der Waals surface area contributed by atoms with Crippen LogP contribution in [0.2, 0.25) is 5.02 Å². The Morgan fingerprint density at radius 2 is 2.04 bits per heavy atom. The number of halogens is 1. The molecule has 2 aromatic heterocycles. The van der Waals surface area contributed by atoms with Crippen molar-refractivity contribution in [1.29, 1.82) is 0 Å². The fourth-order valence-corrected chi connectivity index (χ4v) is 3.56. The van der Waals surface area contributed by atoms with Crippen molar-refractivity contribution < 1.29 is 9.53 Å². The standard InChI is InChI=1S/C20H20ClN3O2/c1-14-3-2-4-15(9-14)16-10-18-20(22-11-16)17(21)12-24(18)13-19(25)23-5-7-26-8-6-23/h2-4,9-12H,5-8,13H2,1H3. The maximum absolute atomic E-state index is 12.6. The minimum atomic E-state index is 0.0721. The van der Waals surface area contributed by atoms with Crippen LogP contribution in [-0.4, -0.2) is 46.7 Å². The molecule has 0 bridgehead atoms. The van der Waals surface area contributed by atoms with Crippen molar-refractivity contribution in [2.45, 2.75) is 13.5 Å². The molecule has 3 heterocycles. The lowest BCUT2D eigenvalue weighted by molar-refractivity contribution is -0.135. The van der Waals surface area contributed by atoms with Crippen LogP contribution in [-0.2, 0) is 16.1 Å². The molecule has 6 heteroatoms. The molecule has 1 amide bonds. The van der Waals surface area contributed by atoms with Crippen molar-refractivity contribution in [1.82, 2.24) is 14.5 Å². The Kier molecular flexibility index (Phi) is 4.66. The number of ether oxygens (including phenoxy) is 1. The molecule has 1 saturated heterocycles. The second-order valence-electron chi connectivity index (χ2n) is 6.56. The van der Waals surface area contributed by atoms with Gasteiger partial charge >= 0.3 is 0 Å². The zero-order chi connectivity index (χ0) is 18.1. The lowest BCUT2D eigenvalue weighted by Gasteiger charge is -2.27. The van der Waals surface area contributed by atoms with Gasteiger partial charge < -0.3 is 14.2 Å². The van der Waals surface area contributed by atoms with E-state index in [1.165, 1.54) is 5.56 Å². The van der Waals surface area contributed by atoms with Crippen LogP contribution in [0, 0.1) is 6.92 Å². The first-order valence-electron chi connectivity index (χ1n) is 8.69. The summed E-state index contributed by atoms with van der Waals surface area (Å²) in [6.45, 7) is 4.78. The fourth-order valence-electron chi connectivity index (χ4n) is 3.30. The van der Waals surface area contributed by atoms with Crippen LogP contribution in [0.4, 0.5) is 0 Å². The highest BCUT2D eigenvalue weighted by Gasteiger charge is 2.19. The maximum Gasteiger partial charge on any atom is 0.242 e. The number of pyridine rings is 1. The highest BCUT2D eigenvalue weighted by atomic mass is 35.5. The van der Waals surface area contributed by atoms with Crippen LogP contribution < -0.4 is 0 Å². The van der Waals surface area contributed by atoms with E-state index in [0.717, 1.165) is 22.2 Å². The van der Waals surface area contributed by atoms with E-state index in [1.54, 1.807) is 6.20 Å². The molecule has 0 atom stereocenters. The third-order valence-corrected chi connectivity index (χ3v) is 4.97. The third kappa shape index (κ3) is 3.32. The van der Waals surface area contributed by atoms with Gasteiger partial charge in [0.2, 0.25) is 5.91 Å². The molecule has 0 N–H and O–H groups in total. The average molecular weight is 370 g/mol. The van der Waals surface area contributed by atoms with E-state index in [2.05, 4.69) is 36.2 Å². The topological polar surface area (TPSA) is 47.4 Å². The predicted molar refractivity (Wildman–Crippen MR) is 102 cm³/mol. The summed E-state index contributed by atoms with van der Waals surface area (Å²) in [5, 5.41) is 0.561. The summed E-state index contributed by atoms with van der Waals surface area (Å²) in [5.41, 5.74) is 4.89. The summed E-state index contributed by atoms with van der Waals surface area (Å²) < 4.78 is 7.21. The third-order valence-electron chi connectivity index (χ3n) is 4.69. The molecule has 1 aromatic carbocycles. The summed E-state index contributed by atoms with van der Waals surface area (Å²) in [7, 11) is 0. The summed E-state index contributed by atoms with van der Waals surface area (Å²) >= 11 is 6.34. The SMILES string of the molecule is Cc1cccc(-c2cnc3c(Cl)cn(CC(=O)N4CCOCC4)c3c2)c1. The molecule has 0 radical (unpaired) electrons. The van der Waals surface area contributed by atoms with Gasteiger partial charge in [-0.25, -0.2) is 0 Å². The minimum Gasteiger partial charge on any atom is -0.378 e. The van der Waals surface area contributed by atoms with Gasteiger partial charge in [-0.3, -0.25) is 9.78 Å². The van der Waals surface area contributed by atoms with Crippen LogP contribution in [0.15, 0.2) is 42.7 Å². The van der Waals surface area contributed by atoms with E-state index >= 15 is 0 Å². The van der Waals surface area contributed by atoms with Gasteiger partial charge in [-0.15, -0.1) is 0 Å². The summed E-state index contributed by atoms with van der Waals surface area (Å²) in [5.74, 6) is 0.0721. The van der Waals surface area contributed by atoms with Crippen molar-refractivity contribution in [3.8, 4) is 11.1 Å². The van der Waals surface area contributed by atoms with Gasteiger partial charge in [0.15, 0.2) is 0 Å². The molecule has 0 saturated carbocycles. The first-order chi connectivity index (χ1) is 12.6. The second kappa shape index (κ2) is 7.09. The van der Waals surface area contributed by atoms with Crippen LogP contribution in [0.3, 0.4) is 0 Å². The highest BCUT2D eigenvalue weighted by Crippen LogP contribution is 2.29. The average Bonchev–Trinajstić information content (AvgIpc) is 2.97. The number of carbonyl (C=O) groups is 1. The molecule has 1 fully saturated rings. The number of hydrogen-bond acceptors (Lipinski definition) is 3. The second-order valence-corrected chi connectivity index (χ2v) is 6.97. The predicted octanol–water partition coefficient (Wildman–Crippen LogP) is 3.52. The molecule has 1 aliphatic rings. The Morgan fingerprint density at radius 3 is 2.81 bits per heavy atom. The number of carbonyl (C=O) groups excluding carboxylic acids is 1. The Labute approximate surface area is 157 Å². The molecule has 1 aliphatic heterocycles. The number of nitrogens with zero attached hydrogens (tertiary/aromatic N) is 3. The van der Waals surface area contributed by atoms with Crippen LogP contribution >= 0.6 is 11.6 Å². The van der Waals surface area contributed by atoms with Crippen molar-refractivity contribution in [3.63, 3.8) is 0 Å². The number of aromatic nitrogens is 2. The number of morpholine rings is 1. The maximum atomic E-state index is 12.6. The normalized spacial score (nSPS) is 14.8. The Balaban J connectivity index is 1.68. The van der Waals surface area contributed by atoms with Gasteiger partial charge in [0.05, 0.1) is 23.8 Å². The zero-order valence-corrected chi connectivity index (χ0v) is 15.4. The first-order valence-corrected chi connectivity index (χ1v) is 9.06. The summed E-state index contributed by atoms with van der Waals surface area (Å²) in [4.78, 5) is 19.0. The first kappa shape index (κ1) is 17.1. The smallest absolute Gasteiger partial charge is 0.242 e. The molecular formula is C20H20ClN3O2. The van der Waals surface area contributed by atoms with Gasteiger partial charge in [0.25, 0.3) is 0 Å². The molecule has 0 aliphatic carbocycles. The van der Waals surface area contributed by atoms with E-state index < -0.39 is 0 Å². The lowest BCUT2D eigenvalue weighted by atomic mass is 10.1. The monoisotopic (exact) mass is 369 g/mol. The Morgan fingerprint density at radius 1 is 1.23 bits per heavy atom. The fraction of sp³-hybridized carbons (Fsp3) is 0.300. The van der Waals surface area contributed by atoms with Crippen LogP contribution in [0.1, 0.15) is 5.56 Å². The Bertz CT molecular complexity index is 961. The van der Waals surface area contributed by atoms with E-state index in [-0.39, 0.29) is 12.5 Å². The van der Waals surface area contributed by atoms with Crippen molar-refractivity contribution in [2.24, 2.45) is 0 Å². The number of fused-ring (bicyclic) bond motifs is 1. The quantitative estimate of drug-likeness (QED) is 0.709. The summed E-state index contributed by atoms with van der Waals surface area (Å²) in [6.07, 6.45) is 3.62. The number of hydrogen-bond donors (Lipinski definition) is 0. The van der Waals surface area contributed by atoms with E-state index in [9.17, 15) is 4.79 Å². The zero-order valence-electron chi connectivity index (χ0n) is 14.6. The van der Waals surface area contributed by atoms with E-state index in [4.69, 9.17) is 16.3 Å². The number of rotatable bonds is 3. The van der Waals surface area contributed by atoms with E-state index in [1.807, 2.05) is 21.7 Å². The molecule has 4 rings (SSSR count). The molecule has 5 nitrogen and oxygen atoms in total. The number of benzene rings is 1. The Hall–Kier alpha value is -2.37. The lowest BCUT2D eigenvalue weighted by Crippen LogP contribution is -2.42. The van der Waals surface area contributed by atoms with Gasteiger partial charge in [-0.1, -0.05) is 41.4 Å². The molecule has 3 aromatic rings. The van der Waals surface area contributed by atoms with Gasteiger partial charge in [0.1, 0.15) is 12.1 Å². The van der Waals surface area contributed by atoms with Crippen molar-refractivity contribution in [2.75, 3.05) is 26.3 Å². The van der Waals surface area contributed by atoms with Crippen LogP contribution in [0.5, 0.6) is 0 Å². The van der Waals surface area contributed by atoms with Gasteiger partial charge in [-0.05, 0) is 18.6 Å². The molecule has 0 spiro atoms. The molecule has 26 heavy (non-hydrogen) atoms. The largest absolute Gasteiger partial charge is 0.378 e. The molecule has 0 unspecified atom stereocenters. The van der Waals surface area contributed by atoms with Crippen molar-refractivity contribution >= 4 is 28.5 Å². The van der Waals surface area contributed by atoms with E-state index in [0.29, 0.717) is 31.3 Å². The number of aryl methyl sites for hydroxylation is 1. The van der Waals surface area contributed by atoms with Gasteiger partial charge in [0, 0.05) is 31.0 Å². The van der Waals surface area contributed by atoms with Crippen molar-refractivity contribution in [3.05, 3.63) is 53.3 Å². The molecule has 134 valence electrons. The summed E-state index contributed by atoms with van der Waals surface area (Å²) in [6, 6.07) is 10.3.